The molecular weight excluding hydrogens is 216 g/mol. The molecule has 1 aliphatic heterocycles. The molecule has 17 heavy (non-hydrogen) atoms. The van der Waals surface area contributed by atoms with Crippen molar-refractivity contribution in [3.8, 4) is 5.75 Å². The largest absolute Gasteiger partial charge is 0.496 e. The topological polar surface area (TPSA) is 38.7 Å². The van der Waals surface area contributed by atoms with E-state index in [9.17, 15) is 5.11 Å². The van der Waals surface area contributed by atoms with Gasteiger partial charge in [-0.2, -0.15) is 0 Å². The zero-order chi connectivity index (χ0) is 12.3. The number of aliphatic hydroxyl groups is 1. The maximum absolute atomic E-state index is 9.61. The molecule has 0 bridgehead atoms. The second-order valence-corrected chi connectivity index (χ2v) is 4.68. The third-order valence-corrected chi connectivity index (χ3v) is 3.32. The molecule has 0 amide bonds. The highest BCUT2D eigenvalue weighted by Gasteiger charge is 2.18. The minimum atomic E-state index is -0.431. The SMILES string of the molecule is COc1ccc(C(C)O)cc1C[C@@H]1CCOC1. The lowest BCUT2D eigenvalue weighted by atomic mass is 9.95. The molecule has 94 valence electrons. The molecule has 1 aliphatic rings. The highest BCUT2D eigenvalue weighted by Crippen LogP contribution is 2.28. The van der Waals surface area contributed by atoms with Crippen LogP contribution in [0.5, 0.6) is 5.75 Å². The third-order valence-electron chi connectivity index (χ3n) is 3.32. The van der Waals surface area contributed by atoms with Crippen molar-refractivity contribution in [2.24, 2.45) is 5.92 Å². The van der Waals surface area contributed by atoms with Gasteiger partial charge in [-0.1, -0.05) is 6.07 Å². The number of ether oxygens (including phenoxy) is 2. The van der Waals surface area contributed by atoms with E-state index in [-0.39, 0.29) is 0 Å². The van der Waals surface area contributed by atoms with Crippen LogP contribution >= 0.6 is 0 Å². The molecule has 0 spiro atoms. The Morgan fingerprint density at radius 1 is 1.53 bits per heavy atom. The van der Waals surface area contributed by atoms with Gasteiger partial charge in [0, 0.05) is 13.2 Å². The van der Waals surface area contributed by atoms with Crippen molar-refractivity contribution in [1.82, 2.24) is 0 Å². The summed E-state index contributed by atoms with van der Waals surface area (Å²) in [5.74, 6) is 1.48. The zero-order valence-electron chi connectivity index (χ0n) is 10.5. The van der Waals surface area contributed by atoms with Gasteiger partial charge in [-0.15, -0.1) is 0 Å². The highest BCUT2D eigenvalue weighted by molar-refractivity contribution is 5.38. The van der Waals surface area contributed by atoms with Gasteiger partial charge in [-0.05, 0) is 48.9 Å². The van der Waals surface area contributed by atoms with Gasteiger partial charge in [-0.3, -0.25) is 0 Å². The van der Waals surface area contributed by atoms with Crippen LogP contribution in [0.4, 0.5) is 0 Å². The molecule has 1 aromatic rings. The maximum atomic E-state index is 9.61. The average molecular weight is 236 g/mol. The van der Waals surface area contributed by atoms with Crippen LogP contribution in [0.1, 0.15) is 30.6 Å². The lowest BCUT2D eigenvalue weighted by Gasteiger charge is -2.14. The number of rotatable bonds is 4. The van der Waals surface area contributed by atoms with E-state index in [2.05, 4.69) is 0 Å². The van der Waals surface area contributed by atoms with Crippen molar-refractivity contribution >= 4 is 0 Å². The zero-order valence-corrected chi connectivity index (χ0v) is 10.5. The Bertz CT molecular complexity index is 368. The first kappa shape index (κ1) is 12.4. The number of benzene rings is 1. The fraction of sp³-hybridized carbons (Fsp3) is 0.571. The van der Waals surface area contributed by atoms with Crippen LogP contribution in [0.15, 0.2) is 18.2 Å². The highest BCUT2D eigenvalue weighted by atomic mass is 16.5. The van der Waals surface area contributed by atoms with Crippen LogP contribution in [-0.2, 0) is 11.2 Å². The quantitative estimate of drug-likeness (QED) is 0.872. The van der Waals surface area contributed by atoms with E-state index in [4.69, 9.17) is 9.47 Å². The molecule has 1 N–H and O–H groups in total. The first-order chi connectivity index (χ1) is 8.20. The first-order valence-electron chi connectivity index (χ1n) is 6.13. The number of methoxy groups -OCH3 is 1. The number of hydrogen-bond acceptors (Lipinski definition) is 3. The van der Waals surface area contributed by atoms with Gasteiger partial charge >= 0.3 is 0 Å². The van der Waals surface area contributed by atoms with E-state index in [0.29, 0.717) is 5.92 Å². The summed E-state index contributed by atoms with van der Waals surface area (Å²) in [6.07, 6.45) is 1.64. The molecule has 3 heteroatoms. The van der Waals surface area contributed by atoms with E-state index in [1.807, 2.05) is 18.2 Å². The summed E-state index contributed by atoms with van der Waals surface area (Å²) in [4.78, 5) is 0. The molecule has 1 saturated heterocycles. The van der Waals surface area contributed by atoms with Gasteiger partial charge in [0.15, 0.2) is 0 Å². The van der Waals surface area contributed by atoms with Crippen molar-refractivity contribution in [1.29, 1.82) is 0 Å². The van der Waals surface area contributed by atoms with Crippen molar-refractivity contribution < 1.29 is 14.6 Å². The van der Waals surface area contributed by atoms with Gasteiger partial charge in [-0.25, -0.2) is 0 Å². The van der Waals surface area contributed by atoms with Crippen LogP contribution in [0.3, 0.4) is 0 Å². The van der Waals surface area contributed by atoms with Gasteiger partial charge in [0.2, 0.25) is 0 Å². The Labute approximate surface area is 102 Å². The molecule has 0 saturated carbocycles. The Balaban J connectivity index is 2.19. The van der Waals surface area contributed by atoms with E-state index < -0.39 is 6.10 Å². The van der Waals surface area contributed by atoms with Crippen LogP contribution in [0, 0.1) is 5.92 Å². The third kappa shape index (κ3) is 2.99. The predicted molar refractivity (Wildman–Crippen MR) is 66.3 cm³/mol. The lowest BCUT2D eigenvalue weighted by Crippen LogP contribution is -2.06. The summed E-state index contributed by atoms with van der Waals surface area (Å²) in [7, 11) is 1.69. The average Bonchev–Trinajstić information content (AvgIpc) is 2.81. The summed E-state index contributed by atoms with van der Waals surface area (Å²) in [6.45, 7) is 3.48. The van der Waals surface area contributed by atoms with E-state index in [0.717, 1.165) is 37.4 Å². The lowest BCUT2D eigenvalue weighted by molar-refractivity contribution is 0.185. The first-order valence-corrected chi connectivity index (χ1v) is 6.13. The van der Waals surface area contributed by atoms with Gasteiger partial charge < -0.3 is 14.6 Å². The van der Waals surface area contributed by atoms with Crippen molar-refractivity contribution in [2.75, 3.05) is 20.3 Å². The molecule has 0 aliphatic carbocycles. The van der Waals surface area contributed by atoms with Crippen LogP contribution < -0.4 is 4.74 Å². The van der Waals surface area contributed by atoms with Crippen LogP contribution in [-0.4, -0.2) is 25.4 Å². The maximum Gasteiger partial charge on any atom is 0.122 e. The number of aliphatic hydroxyl groups excluding tert-OH is 1. The second kappa shape index (κ2) is 5.52. The fourth-order valence-corrected chi connectivity index (χ4v) is 2.27. The smallest absolute Gasteiger partial charge is 0.122 e. The Morgan fingerprint density at radius 2 is 2.35 bits per heavy atom. The molecule has 2 atom stereocenters. The van der Waals surface area contributed by atoms with Crippen LogP contribution in [0.2, 0.25) is 0 Å². The van der Waals surface area contributed by atoms with Crippen molar-refractivity contribution in [2.45, 2.75) is 25.9 Å². The Kier molecular flexibility index (Phi) is 4.02. The molecule has 1 unspecified atom stereocenters. The summed E-state index contributed by atoms with van der Waals surface area (Å²) in [6, 6.07) is 5.90. The molecule has 1 fully saturated rings. The standard InChI is InChI=1S/C14H20O3/c1-10(15)12-3-4-14(16-2)13(8-12)7-11-5-6-17-9-11/h3-4,8,10-11,15H,5-7,9H2,1-2H3/t10?,11-/m0/s1. The Hall–Kier alpha value is -1.06. The van der Waals surface area contributed by atoms with E-state index in [1.54, 1.807) is 14.0 Å². The summed E-state index contributed by atoms with van der Waals surface area (Å²) >= 11 is 0. The van der Waals surface area contributed by atoms with Crippen molar-refractivity contribution in [3.05, 3.63) is 29.3 Å². The summed E-state index contributed by atoms with van der Waals surface area (Å²) in [5.41, 5.74) is 2.11. The van der Waals surface area contributed by atoms with Gasteiger partial charge in [0.25, 0.3) is 0 Å². The molecule has 1 aromatic carbocycles. The van der Waals surface area contributed by atoms with Crippen LogP contribution in [0.25, 0.3) is 0 Å². The number of hydrogen-bond donors (Lipinski definition) is 1. The molecule has 2 rings (SSSR count). The monoisotopic (exact) mass is 236 g/mol. The molecule has 0 aromatic heterocycles. The Morgan fingerprint density at radius 3 is 2.94 bits per heavy atom. The van der Waals surface area contributed by atoms with E-state index in [1.165, 1.54) is 5.56 Å². The van der Waals surface area contributed by atoms with E-state index >= 15 is 0 Å². The normalized spacial score (nSPS) is 21.5. The van der Waals surface area contributed by atoms with Gasteiger partial charge in [0.05, 0.1) is 13.2 Å². The molecule has 0 radical (unpaired) electrons. The molecular formula is C14H20O3. The van der Waals surface area contributed by atoms with Gasteiger partial charge in [0.1, 0.15) is 5.75 Å². The molecule has 1 heterocycles. The fourth-order valence-electron chi connectivity index (χ4n) is 2.27. The molecule has 3 nitrogen and oxygen atoms in total. The minimum absolute atomic E-state index is 0.431. The van der Waals surface area contributed by atoms with Crippen molar-refractivity contribution in [3.63, 3.8) is 0 Å². The summed E-state index contributed by atoms with van der Waals surface area (Å²) in [5, 5.41) is 9.61. The summed E-state index contributed by atoms with van der Waals surface area (Å²) < 4.78 is 10.8. The minimum Gasteiger partial charge on any atom is -0.496 e. The predicted octanol–water partition coefficient (Wildman–Crippen LogP) is 2.33. The second-order valence-electron chi connectivity index (χ2n) is 4.68.